The first kappa shape index (κ1) is 14.7. The molecule has 2 amide bonds. The van der Waals surface area contributed by atoms with E-state index in [-0.39, 0.29) is 18.4 Å². The molecule has 1 atom stereocenters. The van der Waals surface area contributed by atoms with Crippen LogP contribution in [-0.4, -0.2) is 31.4 Å². The second-order valence-corrected chi connectivity index (χ2v) is 3.95. The smallest absolute Gasteiger partial charge is 0.241 e. The first-order chi connectivity index (χ1) is 9.06. The van der Waals surface area contributed by atoms with Crippen LogP contribution in [0.2, 0.25) is 0 Å². The minimum atomic E-state index is -0.493. The molecule has 0 heterocycles. The molecule has 0 fully saturated rings. The van der Waals surface area contributed by atoms with Crippen LogP contribution in [0.25, 0.3) is 0 Å². The Hall–Kier alpha value is -2.39. The van der Waals surface area contributed by atoms with Crippen molar-refractivity contribution in [2.45, 2.75) is 13.0 Å². The molecule has 0 unspecified atom stereocenters. The van der Waals surface area contributed by atoms with E-state index in [9.17, 15) is 9.59 Å². The first-order valence-electron chi connectivity index (χ1n) is 5.82. The summed E-state index contributed by atoms with van der Waals surface area (Å²) in [5.74, 6) is -0.424. The molecule has 0 aliphatic rings. The molecule has 0 spiro atoms. The Morgan fingerprint density at radius 3 is 2.47 bits per heavy atom. The van der Waals surface area contributed by atoms with Crippen molar-refractivity contribution in [3.8, 4) is 6.07 Å². The third kappa shape index (κ3) is 4.77. The Kier molecular flexibility index (Phi) is 5.51. The number of hydrogen-bond acceptors (Lipinski definition) is 4. The molecule has 0 aliphatic carbocycles. The van der Waals surface area contributed by atoms with Crippen LogP contribution >= 0.6 is 0 Å². The normalized spacial score (nSPS) is 11.2. The van der Waals surface area contributed by atoms with Gasteiger partial charge in [0.25, 0.3) is 0 Å². The number of nitriles is 1. The Balaban J connectivity index is 2.49. The third-order valence-corrected chi connectivity index (χ3v) is 2.52. The van der Waals surface area contributed by atoms with Gasteiger partial charge in [0.2, 0.25) is 11.8 Å². The molecule has 3 N–H and O–H groups in total. The molecular weight excluding hydrogens is 244 g/mol. The number of amides is 2. The summed E-state index contributed by atoms with van der Waals surface area (Å²) < 4.78 is 0. The lowest BCUT2D eigenvalue weighted by Gasteiger charge is -2.13. The zero-order valence-electron chi connectivity index (χ0n) is 10.9. The van der Waals surface area contributed by atoms with Gasteiger partial charge >= 0.3 is 0 Å². The number of benzene rings is 1. The predicted octanol–water partition coefficient (Wildman–Crippen LogP) is 0.221. The van der Waals surface area contributed by atoms with E-state index in [2.05, 4.69) is 16.0 Å². The van der Waals surface area contributed by atoms with Crippen LogP contribution in [0.3, 0.4) is 0 Å². The van der Waals surface area contributed by atoms with E-state index >= 15 is 0 Å². The maximum Gasteiger partial charge on any atom is 0.241 e. The molecule has 0 bridgehead atoms. The number of nitrogens with zero attached hydrogens (tertiary/aromatic N) is 1. The van der Waals surface area contributed by atoms with Crippen LogP contribution in [0.15, 0.2) is 24.3 Å². The second kappa shape index (κ2) is 7.13. The molecule has 0 radical (unpaired) electrons. The van der Waals surface area contributed by atoms with E-state index < -0.39 is 6.04 Å². The van der Waals surface area contributed by atoms with Gasteiger partial charge in [0.15, 0.2) is 0 Å². The summed E-state index contributed by atoms with van der Waals surface area (Å²) in [6, 6.07) is 8.06. The van der Waals surface area contributed by atoms with Gasteiger partial charge in [0, 0.05) is 12.7 Å². The predicted molar refractivity (Wildman–Crippen MR) is 71.3 cm³/mol. The van der Waals surface area contributed by atoms with E-state index in [0.29, 0.717) is 11.3 Å². The van der Waals surface area contributed by atoms with Crippen LogP contribution in [0, 0.1) is 11.3 Å². The summed E-state index contributed by atoms with van der Waals surface area (Å²) in [5, 5.41) is 16.6. The van der Waals surface area contributed by atoms with Crippen molar-refractivity contribution in [1.29, 1.82) is 5.26 Å². The lowest BCUT2D eigenvalue weighted by Crippen LogP contribution is -2.42. The fraction of sp³-hybridized carbons (Fsp3) is 0.308. The fourth-order valence-electron chi connectivity index (χ4n) is 1.31. The van der Waals surface area contributed by atoms with Crippen LogP contribution < -0.4 is 16.0 Å². The van der Waals surface area contributed by atoms with Crippen LogP contribution in [0.5, 0.6) is 0 Å². The fourth-order valence-corrected chi connectivity index (χ4v) is 1.31. The molecular formula is C13H16N4O2. The van der Waals surface area contributed by atoms with Crippen molar-refractivity contribution in [3.63, 3.8) is 0 Å². The molecule has 0 aromatic heterocycles. The van der Waals surface area contributed by atoms with Gasteiger partial charge in [-0.15, -0.1) is 0 Å². The topological polar surface area (TPSA) is 94.0 Å². The van der Waals surface area contributed by atoms with Crippen molar-refractivity contribution in [1.82, 2.24) is 10.6 Å². The summed E-state index contributed by atoms with van der Waals surface area (Å²) in [4.78, 5) is 22.8. The molecule has 6 nitrogen and oxygen atoms in total. The number of carbonyl (C=O) groups is 2. The molecule has 1 aromatic carbocycles. The number of anilines is 1. The van der Waals surface area contributed by atoms with Crippen molar-refractivity contribution in [3.05, 3.63) is 29.8 Å². The van der Waals surface area contributed by atoms with E-state index in [1.807, 2.05) is 6.07 Å². The Morgan fingerprint density at radius 1 is 1.32 bits per heavy atom. The van der Waals surface area contributed by atoms with Gasteiger partial charge in [0.1, 0.15) is 0 Å². The van der Waals surface area contributed by atoms with E-state index in [4.69, 9.17) is 5.26 Å². The van der Waals surface area contributed by atoms with Gasteiger partial charge < -0.3 is 10.6 Å². The summed E-state index contributed by atoms with van der Waals surface area (Å²) in [5.41, 5.74) is 1.14. The van der Waals surface area contributed by atoms with Crippen molar-refractivity contribution in [2.24, 2.45) is 0 Å². The van der Waals surface area contributed by atoms with E-state index in [1.165, 1.54) is 7.05 Å². The Morgan fingerprint density at radius 2 is 1.95 bits per heavy atom. The molecule has 6 heteroatoms. The number of carbonyl (C=O) groups excluding carboxylic acids is 2. The maximum atomic E-state index is 11.8. The average molecular weight is 260 g/mol. The molecule has 0 saturated carbocycles. The van der Waals surface area contributed by atoms with Gasteiger partial charge in [-0.2, -0.15) is 5.26 Å². The van der Waals surface area contributed by atoms with Crippen LogP contribution in [0.4, 0.5) is 5.69 Å². The van der Waals surface area contributed by atoms with E-state index in [0.717, 1.165) is 0 Å². The lowest BCUT2D eigenvalue weighted by molar-refractivity contribution is -0.120. The molecule has 0 aliphatic heterocycles. The van der Waals surface area contributed by atoms with E-state index in [1.54, 1.807) is 31.2 Å². The highest BCUT2D eigenvalue weighted by atomic mass is 16.2. The van der Waals surface area contributed by atoms with Gasteiger partial charge in [-0.25, -0.2) is 0 Å². The molecule has 0 saturated heterocycles. The lowest BCUT2D eigenvalue weighted by atomic mass is 10.2. The van der Waals surface area contributed by atoms with Gasteiger partial charge in [-0.1, -0.05) is 0 Å². The molecule has 1 aromatic rings. The molecule has 100 valence electrons. The molecule has 1 rings (SSSR count). The number of likely N-dealkylation sites (N-methyl/N-ethyl adjacent to an activating group) is 1. The van der Waals surface area contributed by atoms with Crippen LogP contribution in [-0.2, 0) is 9.59 Å². The first-order valence-corrected chi connectivity index (χ1v) is 5.82. The quantitative estimate of drug-likeness (QED) is 0.706. The highest BCUT2D eigenvalue weighted by Crippen LogP contribution is 2.08. The minimum Gasteiger partial charge on any atom is -0.358 e. The number of rotatable bonds is 5. The maximum absolute atomic E-state index is 11.8. The summed E-state index contributed by atoms with van der Waals surface area (Å²) in [6.45, 7) is 1.75. The van der Waals surface area contributed by atoms with Crippen molar-refractivity contribution >= 4 is 17.5 Å². The average Bonchev–Trinajstić information content (AvgIpc) is 2.44. The Bertz CT molecular complexity index is 490. The standard InChI is InChI=1S/C13H16N4O2/c1-9(16-8-12(18)15-2)13(19)17-11-5-3-10(7-14)4-6-11/h3-6,9,16H,8H2,1-2H3,(H,15,18)(H,17,19)/t9-/m1/s1. The SMILES string of the molecule is CNC(=O)CN[C@H](C)C(=O)Nc1ccc(C#N)cc1. The zero-order chi connectivity index (χ0) is 14.3. The summed E-state index contributed by atoms with van der Waals surface area (Å²) >= 11 is 0. The van der Waals surface area contributed by atoms with Crippen molar-refractivity contribution < 1.29 is 9.59 Å². The number of hydrogen-bond donors (Lipinski definition) is 3. The monoisotopic (exact) mass is 260 g/mol. The summed E-state index contributed by atoms with van der Waals surface area (Å²) in [7, 11) is 1.53. The van der Waals surface area contributed by atoms with Crippen molar-refractivity contribution in [2.75, 3.05) is 18.9 Å². The number of nitrogens with one attached hydrogen (secondary N) is 3. The third-order valence-electron chi connectivity index (χ3n) is 2.52. The summed E-state index contributed by atoms with van der Waals surface area (Å²) in [6.07, 6.45) is 0. The van der Waals surface area contributed by atoms with Gasteiger partial charge in [0.05, 0.1) is 24.2 Å². The van der Waals surface area contributed by atoms with Gasteiger partial charge in [-0.05, 0) is 31.2 Å². The van der Waals surface area contributed by atoms with Crippen LogP contribution in [0.1, 0.15) is 12.5 Å². The second-order valence-electron chi connectivity index (χ2n) is 3.95. The minimum absolute atomic E-state index is 0.0818. The highest BCUT2D eigenvalue weighted by molar-refractivity contribution is 5.94. The highest BCUT2D eigenvalue weighted by Gasteiger charge is 2.13. The molecule has 19 heavy (non-hydrogen) atoms. The largest absolute Gasteiger partial charge is 0.358 e. The zero-order valence-corrected chi connectivity index (χ0v) is 10.9. The Labute approximate surface area is 111 Å². The van der Waals surface area contributed by atoms with Gasteiger partial charge in [-0.3, -0.25) is 14.9 Å².